The highest BCUT2D eigenvalue weighted by molar-refractivity contribution is 9.10. The summed E-state index contributed by atoms with van der Waals surface area (Å²) in [6.07, 6.45) is 1.48. The number of pyridine rings is 1. The second kappa shape index (κ2) is 5.82. The van der Waals surface area contributed by atoms with Crippen molar-refractivity contribution in [2.75, 3.05) is 10.5 Å². The van der Waals surface area contributed by atoms with Crippen LogP contribution >= 0.6 is 27.5 Å². The van der Waals surface area contributed by atoms with E-state index in [1.807, 2.05) is 0 Å². The first-order valence-electron chi connectivity index (χ1n) is 5.91. The molecule has 0 saturated heterocycles. The first-order valence-corrected chi connectivity index (χ1v) is 8.56. The van der Waals surface area contributed by atoms with Crippen LogP contribution in [-0.4, -0.2) is 13.4 Å². The molecule has 1 heterocycles. The lowest BCUT2D eigenvalue weighted by molar-refractivity contribution is 0.600. The number of nitrogens with zero attached hydrogens (tertiary/aromatic N) is 1. The Kier molecular flexibility index (Phi) is 4.46. The van der Waals surface area contributed by atoms with Crippen molar-refractivity contribution >= 4 is 48.9 Å². The Hall–Kier alpha value is -1.31. The third-order valence-corrected chi connectivity index (χ3v) is 5.21. The molecule has 0 aliphatic rings. The van der Waals surface area contributed by atoms with E-state index in [2.05, 4.69) is 25.6 Å². The quantitative estimate of drug-likeness (QED) is 0.620. The number of hydrogen-bond donors (Lipinski definition) is 2. The Balaban J connectivity index is 2.51. The second-order valence-electron chi connectivity index (χ2n) is 4.56. The van der Waals surface area contributed by atoms with Crippen LogP contribution < -0.4 is 10.5 Å². The average molecular weight is 391 g/mol. The van der Waals surface area contributed by atoms with Crippen LogP contribution in [0, 0.1) is 13.8 Å². The number of halogens is 2. The van der Waals surface area contributed by atoms with Gasteiger partial charge in [0.15, 0.2) is 5.15 Å². The molecule has 0 bridgehead atoms. The molecule has 0 saturated carbocycles. The van der Waals surface area contributed by atoms with Gasteiger partial charge < -0.3 is 5.73 Å². The number of hydrogen-bond acceptors (Lipinski definition) is 4. The zero-order valence-corrected chi connectivity index (χ0v) is 14.5. The number of nitrogens with one attached hydrogen (secondary N) is 1. The number of aromatic nitrogens is 1. The molecule has 0 unspecified atom stereocenters. The predicted octanol–water partition coefficient (Wildman–Crippen LogP) is 3.50. The van der Waals surface area contributed by atoms with Gasteiger partial charge in [-0.2, -0.15) is 0 Å². The molecule has 0 fully saturated rings. The molecule has 0 aliphatic carbocycles. The average Bonchev–Trinajstić information content (AvgIpc) is 2.37. The first kappa shape index (κ1) is 16.1. The molecule has 112 valence electrons. The minimum absolute atomic E-state index is 0.0695. The normalized spacial score (nSPS) is 11.4. The van der Waals surface area contributed by atoms with Gasteiger partial charge in [0, 0.05) is 16.4 Å². The van der Waals surface area contributed by atoms with Crippen LogP contribution in [0.25, 0.3) is 0 Å². The van der Waals surface area contributed by atoms with Gasteiger partial charge in [-0.1, -0.05) is 11.6 Å². The molecular weight excluding hydrogens is 378 g/mol. The van der Waals surface area contributed by atoms with Gasteiger partial charge in [-0.05, 0) is 59.1 Å². The summed E-state index contributed by atoms with van der Waals surface area (Å²) in [5, 5.41) is 0.0695. The smallest absolute Gasteiger partial charge is 0.262 e. The van der Waals surface area contributed by atoms with E-state index in [-0.39, 0.29) is 15.7 Å². The fraction of sp³-hybridized carbons (Fsp3) is 0.154. The summed E-state index contributed by atoms with van der Waals surface area (Å²) in [6, 6.07) is 4.69. The van der Waals surface area contributed by atoms with E-state index in [9.17, 15) is 8.42 Å². The maximum atomic E-state index is 12.5. The highest BCUT2D eigenvalue weighted by atomic mass is 79.9. The minimum Gasteiger partial charge on any atom is -0.399 e. The summed E-state index contributed by atoms with van der Waals surface area (Å²) in [7, 11) is -3.80. The van der Waals surface area contributed by atoms with Gasteiger partial charge in [0.2, 0.25) is 0 Å². The zero-order chi connectivity index (χ0) is 15.8. The van der Waals surface area contributed by atoms with Gasteiger partial charge in [0.25, 0.3) is 10.0 Å². The van der Waals surface area contributed by atoms with E-state index in [0.29, 0.717) is 15.7 Å². The highest BCUT2D eigenvalue weighted by Crippen LogP contribution is 2.28. The highest BCUT2D eigenvalue weighted by Gasteiger charge is 2.20. The van der Waals surface area contributed by atoms with Crippen molar-refractivity contribution in [3.63, 3.8) is 0 Å². The molecule has 0 radical (unpaired) electrons. The van der Waals surface area contributed by atoms with E-state index in [0.717, 1.165) is 5.56 Å². The molecule has 8 heteroatoms. The Bertz CT molecular complexity index is 809. The van der Waals surface area contributed by atoms with Crippen molar-refractivity contribution in [1.82, 2.24) is 4.98 Å². The van der Waals surface area contributed by atoms with E-state index < -0.39 is 10.0 Å². The predicted molar refractivity (Wildman–Crippen MR) is 88.1 cm³/mol. The maximum Gasteiger partial charge on any atom is 0.262 e. The van der Waals surface area contributed by atoms with Crippen molar-refractivity contribution in [2.45, 2.75) is 18.7 Å². The number of nitrogens with two attached hydrogens (primary N) is 1. The van der Waals surface area contributed by atoms with Gasteiger partial charge >= 0.3 is 0 Å². The van der Waals surface area contributed by atoms with Gasteiger partial charge in [0.05, 0.1) is 10.6 Å². The van der Waals surface area contributed by atoms with Gasteiger partial charge in [-0.3, -0.25) is 4.72 Å². The lowest BCUT2D eigenvalue weighted by atomic mass is 10.1. The Morgan fingerprint density at radius 2 is 1.95 bits per heavy atom. The molecule has 0 amide bonds. The minimum atomic E-state index is -3.80. The van der Waals surface area contributed by atoms with Crippen molar-refractivity contribution in [1.29, 1.82) is 0 Å². The van der Waals surface area contributed by atoms with Crippen LogP contribution in [0.3, 0.4) is 0 Å². The molecule has 21 heavy (non-hydrogen) atoms. The second-order valence-corrected chi connectivity index (χ2v) is 7.48. The Morgan fingerprint density at radius 1 is 1.29 bits per heavy atom. The van der Waals surface area contributed by atoms with Gasteiger partial charge in [-0.15, -0.1) is 0 Å². The van der Waals surface area contributed by atoms with E-state index in [4.69, 9.17) is 17.3 Å². The number of benzene rings is 1. The maximum absolute atomic E-state index is 12.5. The van der Waals surface area contributed by atoms with Gasteiger partial charge in [0.1, 0.15) is 0 Å². The fourth-order valence-electron chi connectivity index (χ4n) is 1.83. The number of aryl methyl sites for hydroxylation is 1. The Labute approximate surface area is 136 Å². The van der Waals surface area contributed by atoms with Gasteiger partial charge in [-0.25, -0.2) is 13.4 Å². The summed E-state index contributed by atoms with van der Waals surface area (Å²) >= 11 is 9.13. The number of anilines is 2. The lowest BCUT2D eigenvalue weighted by Gasteiger charge is -2.13. The van der Waals surface area contributed by atoms with Crippen molar-refractivity contribution < 1.29 is 8.42 Å². The largest absolute Gasteiger partial charge is 0.399 e. The molecule has 2 rings (SSSR count). The molecule has 1 aromatic heterocycles. The summed E-state index contributed by atoms with van der Waals surface area (Å²) in [5.41, 5.74) is 7.75. The zero-order valence-electron chi connectivity index (χ0n) is 11.3. The molecule has 1 aromatic carbocycles. The summed E-state index contributed by atoms with van der Waals surface area (Å²) in [5.74, 6) is 0. The third kappa shape index (κ3) is 3.48. The standard InChI is InChI=1S/C13H13BrClN3O2S/c1-7-3-10(16)5-12(8(7)2)21(19,20)18-11-4-9(14)6-17-13(11)15/h3-6,18H,16H2,1-2H3. The third-order valence-electron chi connectivity index (χ3n) is 2.98. The lowest BCUT2D eigenvalue weighted by Crippen LogP contribution is -2.15. The Morgan fingerprint density at radius 3 is 2.62 bits per heavy atom. The molecule has 0 atom stereocenters. The monoisotopic (exact) mass is 389 g/mol. The summed E-state index contributed by atoms with van der Waals surface area (Å²) in [4.78, 5) is 4.00. The molecule has 3 N–H and O–H groups in total. The van der Waals surface area contributed by atoms with Crippen LogP contribution in [0.15, 0.2) is 33.8 Å². The SMILES string of the molecule is Cc1cc(N)cc(S(=O)(=O)Nc2cc(Br)cnc2Cl)c1C. The fourth-order valence-corrected chi connectivity index (χ4v) is 3.78. The van der Waals surface area contributed by atoms with Crippen molar-refractivity contribution in [3.05, 3.63) is 45.1 Å². The van der Waals surface area contributed by atoms with Crippen LogP contribution in [0.5, 0.6) is 0 Å². The summed E-state index contributed by atoms with van der Waals surface area (Å²) < 4.78 is 28.1. The van der Waals surface area contributed by atoms with E-state index in [1.165, 1.54) is 12.3 Å². The molecule has 5 nitrogen and oxygen atoms in total. The van der Waals surface area contributed by atoms with Crippen LogP contribution in [0.4, 0.5) is 11.4 Å². The van der Waals surface area contributed by atoms with E-state index >= 15 is 0 Å². The summed E-state index contributed by atoms with van der Waals surface area (Å²) in [6.45, 7) is 3.53. The molecule has 0 spiro atoms. The number of sulfonamides is 1. The number of rotatable bonds is 3. The first-order chi connectivity index (χ1) is 9.70. The topological polar surface area (TPSA) is 85.1 Å². The molecule has 0 aliphatic heterocycles. The van der Waals surface area contributed by atoms with E-state index in [1.54, 1.807) is 26.0 Å². The van der Waals surface area contributed by atoms with Crippen LogP contribution in [0.1, 0.15) is 11.1 Å². The van der Waals surface area contributed by atoms with Crippen molar-refractivity contribution in [3.8, 4) is 0 Å². The van der Waals surface area contributed by atoms with Crippen LogP contribution in [-0.2, 0) is 10.0 Å². The molecule has 2 aromatic rings. The van der Waals surface area contributed by atoms with Crippen LogP contribution in [0.2, 0.25) is 5.15 Å². The number of nitrogen functional groups attached to an aromatic ring is 1. The van der Waals surface area contributed by atoms with Crippen molar-refractivity contribution in [2.24, 2.45) is 0 Å². The molecular formula is C13H13BrClN3O2S.